The molecule has 0 aliphatic rings. The summed E-state index contributed by atoms with van der Waals surface area (Å²) in [7, 11) is 0. The monoisotopic (exact) mass is 240 g/mol. The quantitative estimate of drug-likeness (QED) is 0.753. The molecule has 1 aromatic carbocycles. The number of aryl methyl sites for hydroxylation is 2. The summed E-state index contributed by atoms with van der Waals surface area (Å²) in [6.45, 7) is 4.23. The molecule has 0 unspecified atom stereocenters. The highest BCUT2D eigenvalue weighted by atomic mass is 16.3. The van der Waals surface area contributed by atoms with Crippen LogP contribution in [0.4, 0.5) is 0 Å². The van der Waals surface area contributed by atoms with Gasteiger partial charge in [-0.25, -0.2) is 4.98 Å². The Labute approximate surface area is 106 Å². The lowest BCUT2D eigenvalue weighted by molar-refractivity contribution is 0.526. The van der Waals surface area contributed by atoms with Crippen LogP contribution in [0.15, 0.2) is 34.7 Å². The molecule has 0 saturated carbocycles. The molecule has 3 heteroatoms. The number of fused-ring (bicyclic) bond motifs is 1. The van der Waals surface area contributed by atoms with Crippen LogP contribution in [0.5, 0.6) is 0 Å². The van der Waals surface area contributed by atoms with E-state index in [0.29, 0.717) is 0 Å². The smallest absolute Gasteiger partial charge is 0.174 e. The van der Waals surface area contributed by atoms with Crippen molar-refractivity contribution in [3.05, 3.63) is 41.7 Å². The van der Waals surface area contributed by atoms with E-state index in [4.69, 9.17) is 4.42 Å². The minimum absolute atomic E-state index is 0.804. The zero-order valence-electron chi connectivity index (χ0n) is 10.7. The molecule has 2 heterocycles. The van der Waals surface area contributed by atoms with E-state index in [9.17, 15) is 0 Å². The Morgan fingerprint density at radius 1 is 1.11 bits per heavy atom. The van der Waals surface area contributed by atoms with Crippen LogP contribution in [0.3, 0.4) is 0 Å². The topological polar surface area (TPSA) is 41.8 Å². The van der Waals surface area contributed by atoms with Crippen LogP contribution in [0.2, 0.25) is 0 Å². The van der Waals surface area contributed by atoms with Gasteiger partial charge in [0.15, 0.2) is 11.6 Å². The van der Waals surface area contributed by atoms with Gasteiger partial charge in [-0.3, -0.25) is 0 Å². The number of furan rings is 1. The van der Waals surface area contributed by atoms with Crippen molar-refractivity contribution in [1.29, 1.82) is 0 Å². The molecule has 3 rings (SSSR count). The molecule has 3 aromatic rings. The first-order valence-electron chi connectivity index (χ1n) is 6.38. The molecule has 2 aromatic heterocycles. The van der Waals surface area contributed by atoms with Gasteiger partial charge in [-0.1, -0.05) is 19.9 Å². The van der Waals surface area contributed by atoms with Crippen molar-refractivity contribution >= 4 is 11.0 Å². The largest absolute Gasteiger partial charge is 0.458 e. The SMILES string of the molecule is CCc1ccc2nc(-c3ccc(CC)o3)[nH]c2c1. The van der Waals surface area contributed by atoms with Gasteiger partial charge < -0.3 is 9.40 Å². The van der Waals surface area contributed by atoms with Crippen molar-refractivity contribution < 1.29 is 4.42 Å². The van der Waals surface area contributed by atoms with Crippen LogP contribution < -0.4 is 0 Å². The second kappa shape index (κ2) is 4.33. The molecule has 0 fully saturated rings. The van der Waals surface area contributed by atoms with Crippen molar-refractivity contribution in [2.45, 2.75) is 26.7 Å². The summed E-state index contributed by atoms with van der Waals surface area (Å²) >= 11 is 0. The second-order valence-electron chi connectivity index (χ2n) is 4.41. The van der Waals surface area contributed by atoms with E-state index in [1.54, 1.807) is 0 Å². The molecule has 0 aliphatic heterocycles. The molecule has 0 bridgehead atoms. The van der Waals surface area contributed by atoms with E-state index in [2.05, 4.69) is 42.0 Å². The van der Waals surface area contributed by atoms with E-state index in [-0.39, 0.29) is 0 Å². The van der Waals surface area contributed by atoms with Gasteiger partial charge in [-0.2, -0.15) is 0 Å². The van der Waals surface area contributed by atoms with Crippen LogP contribution in [0, 0.1) is 0 Å². The van der Waals surface area contributed by atoms with Crippen LogP contribution in [0.1, 0.15) is 25.2 Å². The van der Waals surface area contributed by atoms with Crippen molar-refractivity contribution in [1.82, 2.24) is 9.97 Å². The molecule has 0 radical (unpaired) electrons. The standard InChI is InChI=1S/C15H16N2O/c1-3-10-5-7-12-13(9-10)17-15(16-12)14-8-6-11(4-2)18-14/h5-9H,3-4H2,1-2H3,(H,16,17). The molecule has 0 amide bonds. The lowest BCUT2D eigenvalue weighted by Crippen LogP contribution is -1.78. The number of aromatic amines is 1. The van der Waals surface area contributed by atoms with E-state index >= 15 is 0 Å². The maximum Gasteiger partial charge on any atom is 0.174 e. The van der Waals surface area contributed by atoms with Gasteiger partial charge >= 0.3 is 0 Å². The second-order valence-corrected chi connectivity index (χ2v) is 4.41. The molecule has 0 spiro atoms. The molecule has 92 valence electrons. The highest BCUT2D eigenvalue weighted by molar-refractivity contribution is 5.79. The van der Waals surface area contributed by atoms with E-state index in [1.807, 2.05) is 12.1 Å². The zero-order chi connectivity index (χ0) is 12.5. The first-order chi connectivity index (χ1) is 8.80. The predicted octanol–water partition coefficient (Wildman–Crippen LogP) is 3.95. The lowest BCUT2D eigenvalue weighted by Gasteiger charge is -1.93. The minimum atomic E-state index is 0.804. The fourth-order valence-electron chi connectivity index (χ4n) is 2.09. The van der Waals surface area contributed by atoms with Gasteiger partial charge in [-0.05, 0) is 36.2 Å². The van der Waals surface area contributed by atoms with E-state index in [1.165, 1.54) is 5.56 Å². The molecule has 0 atom stereocenters. The summed E-state index contributed by atoms with van der Waals surface area (Å²) in [5.41, 5.74) is 3.36. The Hall–Kier alpha value is -2.03. The minimum Gasteiger partial charge on any atom is -0.458 e. The average molecular weight is 240 g/mol. The van der Waals surface area contributed by atoms with Gasteiger partial charge in [0.25, 0.3) is 0 Å². The van der Waals surface area contributed by atoms with Crippen molar-refractivity contribution in [3.8, 4) is 11.6 Å². The number of benzene rings is 1. The van der Waals surface area contributed by atoms with Crippen molar-refractivity contribution in [2.24, 2.45) is 0 Å². The number of H-pyrrole nitrogens is 1. The van der Waals surface area contributed by atoms with E-state index in [0.717, 1.165) is 41.2 Å². The highest BCUT2D eigenvalue weighted by Crippen LogP contribution is 2.23. The Bertz CT molecular complexity index is 679. The Balaban J connectivity index is 2.07. The van der Waals surface area contributed by atoms with Crippen LogP contribution in [-0.2, 0) is 12.8 Å². The molecular formula is C15H16N2O. The number of aromatic nitrogens is 2. The molecule has 18 heavy (non-hydrogen) atoms. The van der Waals surface area contributed by atoms with Gasteiger partial charge in [0, 0.05) is 6.42 Å². The summed E-state index contributed by atoms with van der Waals surface area (Å²) < 4.78 is 5.71. The number of nitrogens with zero attached hydrogens (tertiary/aromatic N) is 1. The molecule has 1 N–H and O–H groups in total. The van der Waals surface area contributed by atoms with Gasteiger partial charge in [0.05, 0.1) is 11.0 Å². The number of rotatable bonds is 3. The molecular weight excluding hydrogens is 224 g/mol. The lowest BCUT2D eigenvalue weighted by atomic mass is 10.1. The van der Waals surface area contributed by atoms with Crippen molar-refractivity contribution in [3.63, 3.8) is 0 Å². The van der Waals surface area contributed by atoms with Crippen LogP contribution >= 0.6 is 0 Å². The van der Waals surface area contributed by atoms with Gasteiger partial charge in [0.2, 0.25) is 0 Å². The Morgan fingerprint density at radius 2 is 2.00 bits per heavy atom. The normalized spacial score (nSPS) is 11.2. The summed E-state index contributed by atoms with van der Waals surface area (Å²) in [5.74, 6) is 2.60. The summed E-state index contributed by atoms with van der Waals surface area (Å²) in [4.78, 5) is 7.88. The van der Waals surface area contributed by atoms with Crippen LogP contribution in [-0.4, -0.2) is 9.97 Å². The number of imidazole rings is 1. The Kier molecular flexibility index (Phi) is 2.67. The van der Waals surface area contributed by atoms with Crippen molar-refractivity contribution in [2.75, 3.05) is 0 Å². The van der Waals surface area contributed by atoms with Gasteiger partial charge in [-0.15, -0.1) is 0 Å². The third kappa shape index (κ3) is 1.82. The third-order valence-corrected chi connectivity index (χ3v) is 3.20. The summed E-state index contributed by atoms with van der Waals surface area (Å²) in [6, 6.07) is 10.3. The highest BCUT2D eigenvalue weighted by Gasteiger charge is 2.09. The van der Waals surface area contributed by atoms with Crippen LogP contribution in [0.25, 0.3) is 22.6 Å². The van der Waals surface area contributed by atoms with E-state index < -0.39 is 0 Å². The molecule has 0 aliphatic carbocycles. The predicted molar refractivity (Wildman–Crippen MR) is 72.6 cm³/mol. The fraction of sp³-hybridized carbons (Fsp3) is 0.267. The third-order valence-electron chi connectivity index (χ3n) is 3.20. The number of hydrogen-bond donors (Lipinski definition) is 1. The summed E-state index contributed by atoms with van der Waals surface area (Å²) in [5, 5.41) is 0. The Morgan fingerprint density at radius 3 is 2.72 bits per heavy atom. The molecule has 3 nitrogen and oxygen atoms in total. The zero-order valence-corrected chi connectivity index (χ0v) is 10.7. The number of hydrogen-bond acceptors (Lipinski definition) is 2. The summed E-state index contributed by atoms with van der Waals surface area (Å²) in [6.07, 6.45) is 1.94. The molecule has 0 saturated heterocycles. The number of nitrogens with one attached hydrogen (secondary N) is 1. The first-order valence-corrected chi connectivity index (χ1v) is 6.38. The van der Waals surface area contributed by atoms with Gasteiger partial charge in [0.1, 0.15) is 5.76 Å². The average Bonchev–Trinajstić information content (AvgIpc) is 3.03. The maximum atomic E-state index is 5.71. The maximum absolute atomic E-state index is 5.71. The fourth-order valence-corrected chi connectivity index (χ4v) is 2.09. The first kappa shape index (κ1) is 11.1.